The Balaban J connectivity index is 1.23. The highest BCUT2D eigenvalue weighted by molar-refractivity contribution is 9.10. The molecule has 0 unspecified atom stereocenters. The number of nitrogens with zero attached hydrogens (tertiary/aromatic N) is 3. The molecule has 206 valence electrons. The smallest absolute Gasteiger partial charge is 0.261 e. The topological polar surface area (TPSA) is 47.5 Å². The maximum Gasteiger partial charge on any atom is 0.261 e. The molecule has 0 radical (unpaired) electrons. The quantitative estimate of drug-likeness (QED) is 0.129. The lowest BCUT2D eigenvalue weighted by atomic mass is 9.81. The summed E-state index contributed by atoms with van der Waals surface area (Å²) >= 11 is 5.30. The van der Waals surface area contributed by atoms with E-state index in [9.17, 15) is 0 Å². The van der Waals surface area contributed by atoms with Crippen LogP contribution in [0, 0.1) is 0 Å². The molecule has 2 aliphatic heterocycles. The average molecular weight is 633 g/mol. The van der Waals surface area contributed by atoms with Gasteiger partial charge in [0.2, 0.25) is 5.95 Å². The van der Waals surface area contributed by atoms with Crippen LogP contribution in [-0.2, 0) is 14.6 Å². The number of rotatable bonds is 8. The molecule has 0 N–H and O–H groups in total. The van der Waals surface area contributed by atoms with Gasteiger partial charge in [0.05, 0.1) is 23.1 Å². The SMILES string of the molecule is CC(C)(C)[Si](OCCSc1ccc2c(c1)N(c1ncc(Br)cn1)CC21COC1)(c1ccccc1)c1ccccc1. The van der Waals surface area contributed by atoms with Gasteiger partial charge in [0, 0.05) is 41.9 Å². The molecular formula is C32H34BrN3O2SSi. The summed E-state index contributed by atoms with van der Waals surface area (Å²) in [5.74, 6) is 1.59. The number of halogens is 1. The third kappa shape index (κ3) is 4.94. The largest absolute Gasteiger partial charge is 0.407 e. The van der Waals surface area contributed by atoms with E-state index < -0.39 is 8.32 Å². The van der Waals surface area contributed by atoms with Gasteiger partial charge in [0.25, 0.3) is 8.32 Å². The second-order valence-electron chi connectivity index (χ2n) is 11.6. The van der Waals surface area contributed by atoms with Crippen LogP contribution in [0.1, 0.15) is 26.3 Å². The third-order valence-corrected chi connectivity index (χ3v) is 14.4. The monoisotopic (exact) mass is 631 g/mol. The fourth-order valence-corrected chi connectivity index (χ4v) is 11.8. The third-order valence-electron chi connectivity index (χ3n) is 7.98. The van der Waals surface area contributed by atoms with Gasteiger partial charge in [0.15, 0.2) is 0 Å². The van der Waals surface area contributed by atoms with Crippen molar-refractivity contribution >= 4 is 58.0 Å². The second-order valence-corrected chi connectivity index (χ2v) is 18.0. The summed E-state index contributed by atoms with van der Waals surface area (Å²) in [5.41, 5.74) is 2.54. The van der Waals surface area contributed by atoms with E-state index in [4.69, 9.17) is 9.16 Å². The Morgan fingerprint density at radius 1 is 0.950 bits per heavy atom. The van der Waals surface area contributed by atoms with Crippen LogP contribution >= 0.6 is 27.7 Å². The van der Waals surface area contributed by atoms with E-state index in [2.05, 4.69) is 130 Å². The Kier molecular flexibility index (Phi) is 7.65. The second kappa shape index (κ2) is 11.1. The number of hydrogen-bond donors (Lipinski definition) is 0. The number of anilines is 2. The van der Waals surface area contributed by atoms with Crippen LogP contribution in [-0.4, -0.2) is 50.4 Å². The molecule has 40 heavy (non-hydrogen) atoms. The number of fused-ring (bicyclic) bond motifs is 2. The summed E-state index contributed by atoms with van der Waals surface area (Å²) in [5, 5.41) is 2.60. The Morgan fingerprint density at radius 3 is 2.12 bits per heavy atom. The van der Waals surface area contributed by atoms with E-state index in [1.54, 1.807) is 0 Å². The predicted octanol–water partition coefficient (Wildman–Crippen LogP) is 6.33. The summed E-state index contributed by atoms with van der Waals surface area (Å²) in [4.78, 5) is 12.7. The average Bonchev–Trinajstić information content (AvgIpc) is 3.29. The Labute approximate surface area is 250 Å². The van der Waals surface area contributed by atoms with Gasteiger partial charge in [-0.3, -0.25) is 0 Å². The van der Waals surface area contributed by atoms with Crippen molar-refractivity contribution in [2.75, 3.05) is 37.0 Å². The molecule has 3 heterocycles. The zero-order valence-electron chi connectivity index (χ0n) is 23.1. The van der Waals surface area contributed by atoms with E-state index in [-0.39, 0.29) is 10.5 Å². The van der Waals surface area contributed by atoms with Gasteiger partial charge in [0.1, 0.15) is 0 Å². The minimum Gasteiger partial charge on any atom is -0.407 e. The van der Waals surface area contributed by atoms with Crippen molar-refractivity contribution in [2.24, 2.45) is 0 Å². The van der Waals surface area contributed by atoms with Crippen LogP contribution in [0.5, 0.6) is 0 Å². The van der Waals surface area contributed by atoms with Crippen molar-refractivity contribution in [1.29, 1.82) is 0 Å². The van der Waals surface area contributed by atoms with E-state index >= 15 is 0 Å². The predicted molar refractivity (Wildman–Crippen MR) is 170 cm³/mol. The summed E-state index contributed by atoms with van der Waals surface area (Å²) < 4.78 is 13.7. The van der Waals surface area contributed by atoms with Crippen molar-refractivity contribution in [3.63, 3.8) is 0 Å². The molecule has 4 aromatic rings. The standard InChI is InChI=1S/C32H34BrN3O2SSi/c1-31(2,3)40(26-10-6-4-7-11-26,27-12-8-5-9-13-27)38-16-17-39-25-14-15-28-29(18-25)36(21-32(28)22-37-23-32)30-34-19-24(33)20-35-30/h4-15,18-20H,16-17,21-23H2,1-3H3. The van der Waals surface area contributed by atoms with Gasteiger partial charge >= 0.3 is 0 Å². The van der Waals surface area contributed by atoms with E-state index in [1.165, 1.54) is 26.5 Å². The molecule has 1 spiro atoms. The molecule has 0 atom stereocenters. The van der Waals surface area contributed by atoms with Crippen molar-refractivity contribution < 1.29 is 9.16 Å². The van der Waals surface area contributed by atoms with Crippen LogP contribution in [0.15, 0.2) is 101 Å². The van der Waals surface area contributed by atoms with E-state index in [0.29, 0.717) is 6.61 Å². The van der Waals surface area contributed by atoms with Gasteiger partial charge in [-0.05, 0) is 49.0 Å². The first kappa shape index (κ1) is 27.7. The van der Waals surface area contributed by atoms with Gasteiger partial charge in [-0.25, -0.2) is 9.97 Å². The lowest BCUT2D eigenvalue weighted by Gasteiger charge is -2.43. The number of benzene rings is 3. The number of aromatic nitrogens is 2. The summed E-state index contributed by atoms with van der Waals surface area (Å²) in [6.07, 6.45) is 3.62. The maximum atomic E-state index is 7.11. The molecular weight excluding hydrogens is 598 g/mol. The van der Waals surface area contributed by atoms with Gasteiger partial charge in [-0.15, -0.1) is 11.8 Å². The molecule has 5 nitrogen and oxygen atoms in total. The molecule has 3 aromatic carbocycles. The first-order valence-corrected chi connectivity index (χ1v) is 17.4. The molecule has 1 saturated heterocycles. The molecule has 1 aromatic heterocycles. The van der Waals surface area contributed by atoms with E-state index in [0.717, 1.165) is 35.9 Å². The number of ether oxygens (including phenoxy) is 1. The van der Waals surface area contributed by atoms with Gasteiger partial charge in [-0.1, -0.05) is 87.5 Å². The van der Waals surface area contributed by atoms with Crippen LogP contribution in [0.3, 0.4) is 0 Å². The van der Waals surface area contributed by atoms with E-state index in [1.807, 2.05) is 24.2 Å². The molecule has 0 amide bonds. The molecule has 8 heteroatoms. The molecule has 0 bridgehead atoms. The molecule has 0 saturated carbocycles. The lowest BCUT2D eigenvalue weighted by Crippen LogP contribution is -2.66. The minimum absolute atomic E-state index is 0.0291. The van der Waals surface area contributed by atoms with Crippen LogP contribution in [0.4, 0.5) is 11.6 Å². The Hall–Kier alpha value is -2.49. The van der Waals surface area contributed by atoms with Gasteiger partial charge < -0.3 is 14.1 Å². The highest BCUT2D eigenvalue weighted by Gasteiger charge is 2.51. The van der Waals surface area contributed by atoms with Crippen molar-refractivity contribution in [2.45, 2.75) is 36.1 Å². The first-order valence-electron chi connectivity index (χ1n) is 13.7. The summed E-state index contributed by atoms with van der Waals surface area (Å²) in [7, 11) is -2.54. The fourth-order valence-electron chi connectivity index (χ4n) is 6.08. The molecule has 2 aliphatic rings. The van der Waals surface area contributed by atoms with Gasteiger partial charge in [-0.2, -0.15) is 0 Å². The van der Waals surface area contributed by atoms with Crippen molar-refractivity contribution in [1.82, 2.24) is 9.97 Å². The minimum atomic E-state index is -2.54. The number of thioether (sulfide) groups is 1. The zero-order valence-corrected chi connectivity index (χ0v) is 26.5. The molecule has 1 fully saturated rings. The van der Waals surface area contributed by atoms with Crippen molar-refractivity contribution in [3.05, 3.63) is 101 Å². The zero-order chi connectivity index (χ0) is 27.8. The molecule has 6 rings (SSSR count). The highest BCUT2D eigenvalue weighted by atomic mass is 79.9. The fraction of sp³-hybridized carbons (Fsp3) is 0.312. The summed E-state index contributed by atoms with van der Waals surface area (Å²) in [6, 6.07) is 28.5. The highest BCUT2D eigenvalue weighted by Crippen LogP contribution is 2.48. The maximum absolute atomic E-state index is 7.11. The summed E-state index contributed by atoms with van der Waals surface area (Å²) in [6.45, 7) is 9.97. The lowest BCUT2D eigenvalue weighted by molar-refractivity contribution is -0.0507. The first-order chi connectivity index (χ1) is 19.3. The molecule has 0 aliphatic carbocycles. The normalized spacial score (nSPS) is 16.1. The van der Waals surface area contributed by atoms with Crippen molar-refractivity contribution in [3.8, 4) is 0 Å². The Morgan fingerprint density at radius 2 is 1.57 bits per heavy atom. The van der Waals surface area contributed by atoms with Crippen LogP contribution in [0.2, 0.25) is 5.04 Å². The number of hydrogen-bond acceptors (Lipinski definition) is 6. The Bertz CT molecular complexity index is 1420. The van der Waals surface area contributed by atoms with Crippen LogP contribution in [0.25, 0.3) is 0 Å². The van der Waals surface area contributed by atoms with Crippen LogP contribution < -0.4 is 15.3 Å².